The average molecular weight is 284 g/mol. The monoisotopic (exact) mass is 284 g/mol. The van der Waals surface area contributed by atoms with Crippen molar-refractivity contribution in [3.8, 4) is 11.4 Å². The number of amides is 1. The van der Waals surface area contributed by atoms with Gasteiger partial charge in [0, 0.05) is 12.1 Å². The molecule has 3 rings (SSSR count). The Labute approximate surface area is 122 Å². The molecule has 1 aliphatic heterocycles. The van der Waals surface area contributed by atoms with Gasteiger partial charge < -0.3 is 15.7 Å². The zero-order chi connectivity index (χ0) is 14.7. The lowest BCUT2D eigenvalue weighted by Gasteiger charge is -2.10. The molecule has 2 aromatic rings. The molecular formula is C15H16N4O2. The van der Waals surface area contributed by atoms with Crippen molar-refractivity contribution in [1.29, 1.82) is 0 Å². The zero-order valence-corrected chi connectivity index (χ0v) is 11.4. The van der Waals surface area contributed by atoms with Gasteiger partial charge in [0.25, 0.3) is 0 Å². The van der Waals surface area contributed by atoms with E-state index in [-0.39, 0.29) is 11.9 Å². The van der Waals surface area contributed by atoms with E-state index >= 15 is 0 Å². The first-order valence-electron chi connectivity index (χ1n) is 6.82. The molecule has 1 aromatic heterocycles. The highest BCUT2D eigenvalue weighted by Crippen LogP contribution is 2.15. The highest BCUT2D eigenvalue weighted by atomic mass is 16.3. The van der Waals surface area contributed by atoms with E-state index in [0.29, 0.717) is 24.5 Å². The maximum atomic E-state index is 12.0. The third-order valence-corrected chi connectivity index (χ3v) is 3.38. The summed E-state index contributed by atoms with van der Waals surface area (Å²) in [6, 6.07) is 9.26. The zero-order valence-electron chi connectivity index (χ0n) is 11.4. The fourth-order valence-electron chi connectivity index (χ4n) is 2.28. The van der Waals surface area contributed by atoms with Gasteiger partial charge in [-0.05, 0) is 6.42 Å². The largest absolute Gasteiger partial charge is 0.392 e. The third kappa shape index (κ3) is 3.24. The van der Waals surface area contributed by atoms with Crippen LogP contribution >= 0.6 is 0 Å². The fourth-order valence-corrected chi connectivity index (χ4v) is 2.28. The molecule has 2 heterocycles. The van der Waals surface area contributed by atoms with Gasteiger partial charge in [0.2, 0.25) is 5.91 Å². The summed E-state index contributed by atoms with van der Waals surface area (Å²) in [6.07, 6.45) is 3.13. The van der Waals surface area contributed by atoms with Crippen molar-refractivity contribution in [1.82, 2.24) is 15.3 Å². The minimum atomic E-state index is -0.461. The number of carbonyl (C=O) groups is 1. The quantitative estimate of drug-likeness (QED) is 0.776. The van der Waals surface area contributed by atoms with E-state index < -0.39 is 6.10 Å². The predicted octanol–water partition coefficient (Wildman–Crippen LogP) is 0.805. The molecule has 6 heteroatoms. The molecule has 0 spiro atoms. The number of nitrogens with zero attached hydrogens (tertiary/aromatic N) is 2. The number of β-amino-alcohol motifs (C(OH)–C–C–N with tert-alkyl or cyclic N) is 1. The number of hydrogen-bond acceptors (Lipinski definition) is 5. The number of aliphatic hydroxyl groups is 1. The van der Waals surface area contributed by atoms with Gasteiger partial charge in [-0.2, -0.15) is 0 Å². The molecule has 6 nitrogen and oxygen atoms in total. The SMILES string of the molecule is O=C(Nc1cnc(-c2ccccc2)nc1)[C@H]1C[C@H](O)CN1. The summed E-state index contributed by atoms with van der Waals surface area (Å²) in [4.78, 5) is 20.5. The van der Waals surface area contributed by atoms with Crippen molar-refractivity contribution in [2.45, 2.75) is 18.6 Å². The lowest BCUT2D eigenvalue weighted by atomic mass is 10.2. The standard InChI is InChI=1S/C15H16N4O2/c20-12-6-13(16-9-12)15(21)19-11-7-17-14(18-8-11)10-4-2-1-3-5-10/h1-5,7-8,12-13,16,20H,6,9H2,(H,19,21)/t12-,13+/m0/s1. The van der Waals surface area contributed by atoms with Crippen LogP contribution in [0.4, 0.5) is 5.69 Å². The van der Waals surface area contributed by atoms with Gasteiger partial charge in [0.1, 0.15) is 0 Å². The van der Waals surface area contributed by atoms with Gasteiger partial charge in [-0.3, -0.25) is 4.79 Å². The predicted molar refractivity (Wildman–Crippen MR) is 78.5 cm³/mol. The van der Waals surface area contributed by atoms with E-state index in [1.165, 1.54) is 0 Å². The molecule has 1 amide bonds. The van der Waals surface area contributed by atoms with Gasteiger partial charge >= 0.3 is 0 Å². The first-order chi connectivity index (χ1) is 10.2. The van der Waals surface area contributed by atoms with Crippen LogP contribution in [0.2, 0.25) is 0 Å². The molecule has 1 saturated heterocycles. The lowest BCUT2D eigenvalue weighted by Crippen LogP contribution is -2.35. The summed E-state index contributed by atoms with van der Waals surface area (Å²) in [5.41, 5.74) is 1.47. The number of hydrogen-bond donors (Lipinski definition) is 3. The Balaban J connectivity index is 1.66. The topological polar surface area (TPSA) is 87.1 Å². The van der Waals surface area contributed by atoms with Crippen LogP contribution in [0.15, 0.2) is 42.7 Å². The Bertz CT molecular complexity index is 615. The molecule has 1 aromatic carbocycles. The number of anilines is 1. The van der Waals surface area contributed by atoms with E-state index in [9.17, 15) is 9.90 Å². The second-order valence-corrected chi connectivity index (χ2v) is 5.00. The van der Waals surface area contributed by atoms with Crippen LogP contribution in [-0.4, -0.2) is 39.7 Å². The van der Waals surface area contributed by atoms with Gasteiger partial charge in [-0.25, -0.2) is 9.97 Å². The van der Waals surface area contributed by atoms with Crippen molar-refractivity contribution < 1.29 is 9.90 Å². The number of rotatable bonds is 3. The average Bonchev–Trinajstić information content (AvgIpc) is 2.96. The van der Waals surface area contributed by atoms with Crippen LogP contribution in [0.25, 0.3) is 11.4 Å². The van der Waals surface area contributed by atoms with E-state index in [1.807, 2.05) is 30.3 Å². The maximum Gasteiger partial charge on any atom is 0.241 e. The minimum Gasteiger partial charge on any atom is -0.392 e. The number of carbonyl (C=O) groups excluding carboxylic acids is 1. The van der Waals surface area contributed by atoms with Gasteiger partial charge in [0.15, 0.2) is 5.82 Å². The van der Waals surface area contributed by atoms with Gasteiger partial charge in [0.05, 0.1) is 30.2 Å². The van der Waals surface area contributed by atoms with Crippen LogP contribution in [0.5, 0.6) is 0 Å². The van der Waals surface area contributed by atoms with Crippen molar-refractivity contribution >= 4 is 11.6 Å². The second kappa shape index (κ2) is 5.99. The Hall–Kier alpha value is -2.31. The maximum absolute atomic E-state index is 12.0. The second-order valence-electron chi connectivity index (χ2n) is 5.00. The summed E-state index contributed by atoms with van der Waals surface area (Å²) in [6.45, 7) is 0.446. The molecule has 0 radical (unpaired) electrons. The van der Waals surface area contributed by atoms with E-state index in [4.69, 9.17) is 0 Å². The van der Waals surface area contributed by atoms with Crippen LogP contribution in [0, 0.1) is 0 Å². The normalized spacial score (nSPS) is 21.2. The minimum absolute atomic E-state index is 0.178. The Morgan fingerprint density at radius 2 is 1.95 bits per heavy atom. The molecular weight excluding hydrogens is 268 g/mol. The molecule has 0 saturated carbocycles. The smallest absolute Gasteiger partial charge is 0.241 e. The molecule has 0 aliphatic carbocycles. The lowest BCUT2D eigenvalue weighted by molar-refractivity contribution is -0.117. The summed E-state index contributed by atoms with van der Waals surface area (Å²) < 4.78 is 0. The Kier molecular flexibility index (Phi) is 3.89. The third-order valence-electron chi connectivity index (χ3n) is 3.38. The van der Waals surface area contributed by atoms with Crippen LogP contribution in [0.3, 0.4) is 0 Å². The molecule has 3 N–H and O–H groups in total. The summed E-state index contributed by atoms with van der Waals surface area (Å²) >= 11 is 0. The van der Waals surface area contributed by atoms with Crippen LogP contribution in [-0.2, 0) is 4.79 Å². The van der Waals surface area contributed by atoms with Crippen molar-refractivity contribution in [2.75, 3.05) is 11.9 Å². The molecule has 21 heavy (non-hydrogen) atoms. The van der Waals surface area contributed by atoms with Gasteiger partial charge in [-0.1, -0.05) is 30.3 Å². The highest BCUT2D eigenvalue weighted by molar-refractivity contribution is 5.94. The van der Waals surface area contributed by atoms with Crippen molar-refractivity contribution in [3.63, 3.8) is 0 Å². The Morgan fingerprint density at radius 3 is 2.57 bits per heavy atom. The molecule has 0 unspecified atom stereocenters. The number of nitrogens with one attached hydrogen (secondary N) is 2. The number of benzene rings is 1. The van der Waals surface area contributed by atoms with Crippen molar-refractivity contribution in [3.05, 3.63) is 42.7 Å². The van der Waals surface area contributed by atoms with Crippen LogP contribution in [0.1, 0.15) is 6.42 Å². The fraction of sp³-hybridized carbons (Fsp3) is 0.267. The highest BCUT2D eigenvalue weighted by Gasteiger charge is 2.28. The molecule has 108 valence electrons. The summed E-state index contributed by atoms with van der Waals surface area (Å²) in [5.74, 6) is 0.436. The molecule has 0 bridgehead atoms. The van der Waals surface area contributed by atoms with E-state index in [1.54, 1.807) is 12.4 Å². The summed E-state index contributed by atoms with van der Waals surface area (Å²) in [7, 11) is 0. The van der Waals surface area contributed by atoms with Crippen LogP contribution < -0.4 is 10.6 Å². The van der Waals surface area contributed by atoms with E-state index in [2.05, 4.69) is 20.6 Å². The molecule has 2 atom stereocenters. The molecule has 1 fully saturated rings. The summed E-state index contributed by atoms with van der Waals surface area (Å²) in [5, 5.41) is 15.1. The van der Waals surface area contributed by atoms with E-state index in [0.717, 1.165) is 5.56 Å². The first kappa shape index (κ1) is 13.7. The number of aliphatic hydroxyl groups excluding tert-OH is 1. The van der Waals surface area contributed by atoms with Crippen molar-refractivity contribution in [2.24, 2.45) is 0 Å². The number of aromatic nitrogens is 2. The Morgan fingerprint density at radius 1 is 1.24 bits per heavy atom. The first-order valence-corrected chi connectivity index (χ1v) is 6.82. The van der Waals surface area contributed by atoms with Gasteiger partial charge in [-0.15, -0.1) is 0 Å². The molecule has 1 aliphatic rings.